The first-order valence-corrected chi connectivity index (χ1v) is 6.88. The first-order chi connectivity index (χ1) is 8.74. The summed E-state index contributed by atoms with van der Waals surface area (Å²) in [5, 5.41) is 0.522. The second kappa shape index (κ2) is 6.00. The van der Waals surface area contributed by atoms with E-state index in [-0.39, 0.29) is 36.1 Å². The van der Waals surface area contributed by atoms with Crippen molar-refractivity contribution in [3.63, 3.8) is 0 Å². The summed E-state index contributed by atoms with van der Waals surface area (Å²) < 4.78 is 34.3. The van der Waals surface area contributed by atoms with Crippen LogP contribution in [-0.4, -0.2) is 83.1 Å². The predicted molar refractivity (Wildman–Crippen MR) is 68.9 cm³/mol. The van der Waals surface area contributed by atoms with Gasteiger partial charge in [0, 0.05) is 0 Å². The van der Waals surface area contributed by atoms with Gasteiger partial charge in [0.25, 0.3) is 0 Å². The number of primary amides is 1. The SMILES string of the molecule is CCC1=CC2CN(C(=O)N2OS(=O)(=O)O)[C@@H]1C(N)=O.[NaH]. The van der Waals surface area contributed by atoms with Crippen LogP contribution in [0.4, 0.5) is 4.79 Å². The fraction of sp³-hybridized carbons (Fsp3) is 0.556. The topological polar surface area (TPSA) is 130 Å². The Labute approximate surface area is 137 Å². The Kier molecular flexibility index (Phi) is 5.22. The van der Waals surface area contributed by atoms with E-state index in [0.717, 1.165) is 4.90 Å². The van der Waals surface area contributed by atoms with Crippen LogP contribution >= 0.6 is 0 Å². The van der Waals surface area contributed by atoms with Gasteiger partial charge >= 0.3 is 46.0 Å². The molecule has 2 rings (SSSR count). The second-order valence-electron chi connectivity index (χ2n) is 4.23. The van der Waals surface area contributed by atoms with Crippen LogP contribution in [0.3, 0.4) is 0 Å². The Hall–Kier alpha value is -0.650. The van der Waals surface area contributed by atoms with E-state index in [1.165, 1.54) is 0 Å². The minimum absolute atomic E-state index is 0. The van der Waals surface area contributed by atoms with Gasteiger partial charge in [-0.15, -0.1) is 4.28 Å². The first kappa shape index (κ1) is 17.4. The van der Waals surface area contributed by atoms with Crippen LogP contribution in [0.5, 0.6) is 0 Å². The second-order valence-corrected chi connectivity index (χ2v) is 5.23. The first-order valence-electron chi connectivity index (χ1n) is 5.51. The van der Waals surface area contributed by atoms with Gasteiger partial charge in [0.15, 0.2) is 0 Å². The van der Waals surface area contributed by atoms with E-state index in [1.807, 2.05) is 0 Å². The molecular formula is C9H14N3NaO6S. The molecule has 0 aromatic heterocycles. The van der Waals surface area contributed by atoms with Gasteiger partial charge in [-0.05, 0) is 12.0 Å². The minimum atomic E-state index is -4.81. The molecule has 2 heterocycles. The number of amides is 3. The van der Waals surface area contributed by atoms with Gasteiger partial charge in [-0.25, -0.2) is 4.79 Å². The summed E-state index contributed by atoms with van der Waals surface area (Å²) in [6.45, 7) is 1.86. The van der Waals surface area contributed by atoms with E-state index in [0.29, 0.717) is 17.1 Å². The van der Waals surface area contributed by atoms with Crippen molar-refractivity contribution < 1.29 is 26.8 Å². The molecule has 3 N–H and O–H groups in total. The van der Waals surface area contributed by atoms with Crippen molar-refractivity contribution >= 4 is 51.9 Å². The molecule has 3 amide bonds. The van der Waals surface area contributed by atoms with Crippen molar-refractivity contribution in [1.82, 2.24) is 9.96 Å². The normalized spacial score (nSPS) is 25.3. The fourth-order valence-electron chi connectivity index (χ4n) is 2.33. The summed E-state index contributed by atoms with van der Waals surface area (Å²) in [5.74, 6) is -0.700. The number of urea groups is 1. The van der Waals surface area contributed by atoms with Crippen molar-refractivity contribution in [3.8, 4) is 0 Å². The summed E-state index contributed by atoms with van der Waals surface area (Å²) in [6.07, 6.45) is 2.04. The molecule has 1 fully saturated rings. The molecule has 9 nitrogen and oxygen atoms in total. The van der Waals surface area contributed by atoms with Crippen LogP contribution in [0.15, 0.2) is 11.6 Å². The number of nitrogens with two attached hydrogens (primary N) is 1. The van der Waals surface area contributed by atoms with E-state index >= 15 is 0 Å². The van der Waals surface area contributed by atoms with E-state index in [1.54, 1.807) is 13.0 Å². The fourth-order valence-corrected chi connectivity index (χ4v) is 2.71. The molecule has 0 aromatic rings. The molecular weight excluding hydrogens is 301 g/mol. The number of hydrogen-bond donors (Lipinski definition) is 2. The molecule has 2 bridgehead atoms. The molecule has 0 saturated carbocycles. The molecule has 20 heavy (non-hydrogen) atoms. The summed E-state index contributed by atoms with van der Waals surface area (Å²) in [7, 11) is -4.81. The standard InChI is InChI=1S/C9H13N3O6S.Na.H/c1-2-5-3-6-4-11(7(5)8(10)13)9(14)12(6)18-19(15,16)17;;/h3,6-7H,2,4H2,1H3,(H2,10,13)(H,15,16,17);;/t6?,7-;;/m0../s1. The summed E-state index contributed by atoms with van der Waals surface area (Å²) in [5.41, 5.74) is 5.86. The van der Waals surface area contributed by atoms with E-state index in [9.17, 15) is 18.0 Å². The average Bonchev–Trinajstić information content (AvgIpc) is 2.52. The van der Waals surface area contributed by atoms with Crippen LogP contribution < -0.4 is 5.73 Å². The van der Waals surface area contributed by atoms with Gasteiger partial charge in [-0.2, -0.15) is 13.5 Å². The Balaban J connectivity index is 0.00000200. The molecule has 0 radical (unpaired) electrons. The van der Waals surface area contributed by atoms with Crippen LogP contribution in [0.25, 0.3) is 0 Å². The molecule has 2 atom stereocenters. The molecule has 0 spiro atoms. The third-order valence-corrected chi connectivity index (χ3v) is 3.39. The summed E-state index contributed by atoms with van der Waals surface area (Å²) in [6, 6.07) is -2.42. The number of carbonyl (C=O) groups excluding carboxylic acids is 2. The number of fused-ring (bicyclic) bond motifs is 2. The predicted octanol–water partition coefficient (Wildman–Crippen LogP) is -1.62. The maximum absolute atomic E-state index is 12.0. The van der Waals surface area contributed by atoms with Crippen LogP contribution in [-0.2, 0) is 19.5 Å². The molecule has 1 unspecified atom stereocenters. The summed E-state index contributed by atoms with van der Waals surface area (Å²) in [4.78, 5) is 24.5. The van der Waals surface area contributed by atoms with Gasteiger partial charge in [-0.3, -0.25) is 9.35 Å². The third-order valence-electron chi connectivity index (χ3n) is 3.04. The van der Waals surface area contributed by atoms with Crippen molar-refractivity contribution in [2.45, 2.75) is 25.4 Å². The Morgan fingerprint density at radius 2 is 2.20 bits per heavy atom. The van der Waals surface area contributed by atoms with Gasteiger partial charge in [0.2, 0.25) is 5.91 Å². The van der Waals surface area contributed by atoms with Crippen LogP contribution in [0.2, 0.25) is 0 Å². The van der Waals surface area contributed by atoms with Gasteiger partial charge in [0.1, 0.15) is 6.04 Å². The van der Waals surface area contributed by atoms with E-state index in [4.69, 9.17) is 10.3 Å². The Bertz CT molecular complexity index is 562. The molecule has 0 aromatic carbocycles. The summed E-state index contributed by atoms with van der Waals surface area (Å²) >= 11 is 0. The molecule has 0 aliphatic carbocycles. The van der Waals surface area contributed by atoms with Gasteiger partial charge in [-0.1, -0.05) is 13.0 Å². The van der Waals surface area contributed by atoms with Gasteiger partial charge < -0.3 is 10.6 Å². The molecule has 2 aliphatic rings. The molecule has 1 saturated heterocycles. The van der Waals surface area contributed by atoms with Crippen LogP contribution in [0.1, 0.15) is 13.3 Å². The quantitative estimate of drug-likeness (QED) is 0.364. The number of nitrogens with zero attached hydrogens (tertiary/aromatic N) is 2. The van der Waals surface area contributed by atoms with E-state index in [2.05, 4.69) is 4.28 Å². The zero-order valence-electron chi connectivity index (χ0n) is 10.0. The Morgan fingerprint density at radius 1 is 1.60 bits per heavy atom. The zero-order chi connectivity index (χ0) is 14.4. The van der Waals surface area contributed by atoms with Crippen molar-refractivity contribution in [2.24, 2.45) is 5.73 Å². The number of rotatable bonds is 4. The molecule has 108 valence electrons. The maximum atomic E-state index is 12.0. The molecule has 11 heteroatoms. The van der Waals surface area contributed by atoms with E-state index < -0.39 is 34.4 Å². The number of hydrogen-bond acceptors (Lipinski definition) is 5. The zero-order valence-corrected chi connectivity index (χ0v) is 10.8. The van der Waals surface area contributed by atoms with Crippen molar-refractivity contribution in [3.05, 3.63) is 11.6 Å². The van der Waals surface area contributed by atoms with Crippen LogP contribution in [0, 0.1) is 0 Å². The van der Waals surface area contributed by atoms with Crippen molar-refractivity contribution in [1.29, 1.82) is 0 Å². The number of hydroxylamine groups is 2. The van der Waals surface area contributed by atoms with Gasteiger partial charge in [0.05, 0.1) is 12.6 Å². The van der Waals surface area contributed by atoms with Crippen molar-refractivity contribution in [2.75, 3.05) is 6.54 Å². The Morgan fingerprint density at radius 3 is 2.65 bits per heavy atom. The average molecular weight is 315 g/mol. The number of carbonyl (C=O) groups is 2. The third kappa shape index (κ3) is 3.15. The monoisotopic (exact) mass is 315 g/mol. The molecule has 2 aliphatic heterocycles.